The van der Waals surface area contributed by atoms with E-state index in [-0.39, 0.29) is 51.0 Å². The van der Waals surface area contributed by atoms with E-state index in [1.807, 2.05) is 0 Å². The van der Waals surface area contributed by atoms with Crippen LogP contribution in [0.5, 0.6) is 0 Å². The largest absolute Gasteiger partial charge is 4.00 e. The molecule has 1 aliphatic carbocycles. The molecule has 2 rings (SSSR count). The number of hydrogen-bond acceptors (Lipinski definition) is 0. The van der Waals surface area contributed by atoms with Crippen LogP contribution in [0.3, 0.4) is 0 Å². The van der Waals surface area contributed by atoms with E-state index in [4.69, 9.17) is 0 Å². The van der Waals surface area contributed by atoms with Gasteiger partial charge in [0.25, 0.3) is 0 Å². The molecule has 0 saturated heterocycles. The Labute approximate surface area is 150 Å². The quantitative estimate of drug-likeness (QED) is 0.579. The van der Waals surface area contributed by atoms with Gasteiger partial charge in [0.1, 0.15) is 0 Å². The summed E-state index contributed by atoms with van der Waals surface area (Å²) >= 11 is 0. The minimum absolute atomic E-state index is 0. The molecule has 0 unspecified atom stereocenters. The number of rotatable bonds is 3. The Morgan fingerprint density at radius 1 is 1.32 bits per heavy atom. The number of halogens is 2. The molecule has 0 nitrogen and oxygen atoms in total. The molecule has 104 valence electrons. The first kappa shape index (κ1) is 24.3. The molecule has 3 heteroatoms. The summed E-state index contributed by atoms with van der Waals surface area (Å²) in [5.41, 5.74) is 4.25. The molecule has 1 aromatic rings. The molecule has 0 radical (unpaired) electrons. The third-order valence-corrected chi connectivity index (χ3v) is 2.82. The predicted molar refractivity (Wildman–Crippen MR) is 71.6 cm³/mol. The van der Waals surface area contributed by atoms with Gasteiger partial charge < -0.3 is 24.8 Å². The number of hydrogen-bond donors (Lipinski definition) is 0. The third kappa shape index (κ3) is 10.7. The summed E-state index contributed by atoms with van der Waals surface area (Å²) in [5.74, 6) is 0. The molecule has 1 aromatic carbocycles. The fourth-order valence-corrected chi connectivity index (χ4v) is 1.71. The van der Waals surface area contributed by atoms with Crippen LogP contribution in [0, 0.1) is 13.0 Å². The van der Waals surface area contributed by atoms with Crippen molar-refractivity contribution in [1.82, 2.24) is 0 Å². The Morgan fingerprint density at radius 2 is 2.00 bits per heavy atom. The van der Waals surface area contributed by atoms with Gasteiger partial charge >= 0.3 is 26.2 Å². The summed E-state index contributed by atoms with van der Waals surface area (Å²) in [5, 5.41) is 0. The van der Waals surface area contributed by atoms with Crippen molar-refractivity contribution in [2.75, 3.05) is 0 Å². The summed E-state index contributed by atoms with van der Waals surface area (Å²) < 4.78 is 0. The third-order valence-electron chi connectivity index (χ3n) is 2.82. The Kier molecular flexibility index (Phi) is 18.8. The zero-order chi connectivity index (χ0) is 11.8. The van der Waals surface area contributed by atoms with Crippen LogP contribution in [-0.2, 0) is 32.6 Å². The van der Waals surface area contributed by atoms with E-state index in [1.165, 1.54) is 36.0 Å². The van der Waals surface area contributed by atoms with Crippen LogP contribution < -0.4 is 24.8 Å². The molecular formula is C16H22Cl2Zr. The van der Waals surface area contributed by atoms with Crippen molar-refractivity contribution < 1.29 is 51.0 Å². The smallest absolute Gasteiger partial charge is 1.00 e. The first-order chi connectivity index (χ1) is 7.74. The molecule has 1 aliphatic rings. The van der Waals surface area contributed by atoms with E-state index in [0.717, 1.165) is 6.42 Å². The van der Waals surface area contributed by atoms with Crippen LogP contribution in [0.25, 0.3) is 0 Å². The topological polar surface area (TPSA) is 0 Å². The van der Waals surface area contributed by atoms with E-state index in [9.17, 15) is 0 Å². The SMILES string of the molecule is CC1=[C-]CC=C1.CCCCc1ccc[c-]1C.[Cl-].[Cl-].[Zr+4]. The summed E-state index contributed by atoms with van der Waals surface area (Å²) in [4.78, 5) is 0. The Hall–Kier alpha value is 0.293. The van der Waals surface area contributed by atoms with Crippen LogP contribution in [0.2, 0.25) is 0 Å². The van der Waals surface area contributed by atoms with Crippen LogP contribution >= 0.6 is 0 Å². The number of unbranched alkanes of at least 4 members (excludes halogenated alkanes) is 1. The minimum Gasteiger partial charge on any atom is -1.00 e. The van der Waals surface area contributed by atoms with Gasteiger partial charge in [-0.1, -0.05) is 40.0 Å². The standard InChI is InChI=1S/C10H15.C6H7.2ClH.Zr/c1-3-4-7-10-8-5-6-9(10)2;1-6-4-2-3-5-6;;;/h5-6,8H,3-4,7H2,1-2H3;2,4H,3H2,1H3;2*1H;/q2*-1;;;+4/p-2. The molecule has 0 aliphatic heterocycles. The maximum Gasteiger partial charge on any atom is 4.00 e. The van der Waals surface area contributed by atoms with Crippen molar-refractivity contribution in [2.24, 2.45) is 0 Å². The average Bonchev–Trinajstić information content (AvgIpc) is 2.88. The van der Waals surface area contributed by atoms with Gasteiger partial charge in [0.15, 0.2) is 0 Å². The van der Waals surface area contributed by atoms with Gasteiger partial charge in [0.2, 0.25) is 0 Å². The van der Waals surface area contributed by atoms with Crippen molar-refractivity contribution in [3.8, 4) is 0 Å². The van der Waals surface area contributed by atoms with Gasteiger partial charge in [-0.3, -0.25) is 6.08 Å². The van der Waals surface area contributed by atoms with E-state index in [0.29, 0.717) is 0 Å². The van der Waals surface area contributed by atoms with Crippen LogP contribution in [-0.4, -0.2) is 0 Å². The van der Waals surface area contributed by atoms with Crippen molar-refractivity contribution in [3.63, 3.8) is 0 Å². The Bertz CT molecular complexity index is 362. The molecule has 0 atom stereocenters. The zero-order valence-electron chi connectivity index (χ0n) is 12.0. The molecule has 0 spiro atoms. The van der Waals surface area contributed by atoms with Gasteiger partial charge in [-0.25, -0.2) is 23.8 Å². The van der Waals surface area contributed by atoms with Crippen molar-refractivity contribution in [2.45, 2.75) is 46.5 Å². The van der Waals surface area contributed by atoms with Crippen LogP contribution in [0.4, 0.5) is 0 Å². The maximum absolute atomic E-state index is 3.12. The van der Waals surface area contributed by atoms with E-state index >= 15 is 0 Å². The van der Waals surface area contributed by atoms with Crippen molar-refractivity contribution in [3.05, 3.63) is 53.1 Å². The van der Waals surface area contributed by atoms with E-state index in [1.54, 1.807) is 0 Å². The Morgan fingerprint density at radius 3 is 2.32 bits per heavy atom. The fourth-order valence-electron chi connectivity index (χ4n) is 1.71. The second-order valence-corrected chi connectivity index (χ2v) is 4.30. The van der Waals surface area contributed by atoms with Gasteiger partial charge in [-0.2, -0.15) is 23.3 Å². The van der Waals surface area contributed by atoms with Crippen molar-refractivity contribution >= 4 is 0 Å². The fraction of sp³-hybridized carbons (Fsp3) is 0.438. The molecule has 0 N–H and O–H groups in total. The summed E-state index contributed by atoms with van der Waals surface area (Å²) in [6, 6.07) is 6.55. The second-order valence-electron chi connectivity index (χ2n) is 4.30. The summed E-state index contributed by atoms with van der Waals surface area (Å²) in [6.45, 7) is 6.48. The monoisotopic (exact) mass is 374 g/mol. The summed E-state index contributed by atoms with van der Waals surface area (Å²) in [6.07, 6.45) is 12.2. The molecule has 0 aromatic heterocycles. The van der Waals surface area contributed by atoms with Crippen LogP contribution in [0.15, 0.2) is 35.9 Å². The van der Waals surface area contributed by atoms with E-state index < -0.39 is 0 Å². The predicted octanol–water partition coefficient (Wildman–Crippen LogP) is -1.24. The summed E-state index contributed by atoms with van der Waals surface area (Å²) in [7, 11) is 0. The number of aryl methyl sites for hydroxylation is 2. The van der Waals surface area contributed by atoms with Gasteiger partial charge in [0.05, 0.1) is 0 Å². The molecule has 0 amide bonds. The van der Waals surface area contributed by atoms with Gasteiger partial charge in [-0.15, -0.1) is 6.42 Å². The molecule has 0 heterocycles. The molecule has 0 bridgehead atoms. The Balaban J connectivity index is -0.000000252. The van der Waals surface area contributed by atoms with Gasteiger partial charge in [-0.05, 0) is 0 Å². The molecular weight excluding hydrogens is 354 g/mol. The molecule has 0 saturated carbocycles. The maximum atomic E-state index is 3.12. The van der Waals surface area contributed by atoms with E-state index in [2.05, 4.69) is 57.2 Å². The average molecular weight is 376 g/mol. The van der Waals surface area contributed by atoms with Crippen LogP contribution in [0.1, 0.15) is 44.2 Å². The first-order valence-corrected chi connectivity index (χ1v) is 6.19. The molecule has 19 heavy (non-hydrogen) atoms. The first-order valence-electron chi connectivity index (χ1n) is 6.19. The zero-order valence-corrected chi connectivity index (χ0v) is 15.9. The minimum atomic E-state index is 0. The number of allylic oxidation sites excluding steroid dienone is 4. The van der Waals surface area contributed by atoms with Crippen molar-refractivity contribution in [1.29, 1.82) is 0 Å². The second kappa shape index (κ2) is 14.7. The molecule has 0 fully saturated rings. The van der Waals surface area contributed by atoms with Gasteiger partial charge in [0, 0.05) is 0 Å². The normalized spacial score (nSPS) is 11.2.